The lowest BCUT2D eigenvalue weighted by atomic mass is 10.1. The first kappa shape index (κ1) is 13.0. The summed E-state index contributed by atoms with van der Waals surface area (Å²) in [5.41, 5.74) is 0.906. The van der Waals surface area contributed by atoms with Crippen molar-refractivity contribution in [2.75, 3.05) is 24.6 Å². The summed E-state index contributed by atoms with van der Waals surface area (Å²) < 4.78 is 19.5. The first-order valence-electron chi connectivity index (χ1n) is 6.36. The molecule has 18 heavy (non-hydrogen) atoms. The van der Waals surface area contributed by atoms with Crippen LogP contribution in [0.5, 0.6) is 0 Å². The fourth-order valence-corrected chi connectivity index (χ4v) is 2.28. The standard InChI is InChI=1S/C14H18FNO2/c1-2-16(9-12-4-3-7-18-12)14-6-5-11(10-17)8-13(14)15/h5-6,8,10,12H,2-4,7,9H2,1H3. The predicted molar refractivity (Wildman–Crippen MR) is 68.6 cm³/mol. The molecule has 0 aromatic heterocycles. The predicted octanol–water partition coefficient (Wildman–Crippen LogP) is 2.64. The molecule has 4 heteroatoms. The summed E-state index contributed by atoms with van der Waals surface area (Å²) in [6.07, 6.45) is 2.96. The molecule has 0 N–H and O–H groups in total. The lowest BCUT2D eigenvalue weighted by Crippen LogP contribution is -2.32. The van der Waals surface area contributed by atoms with E-state index in [1.165, 1.54) is 6.07 Å². The van der Waals surface area contributed by atoms with Crippen molar-refractivity contribution in [1.29, 1.82) is 0 Å². The van der Waals surface area contributed by atoms with Gasteiger partial charge in [-0.3, -0.25) is 4.79 Å². The molecule has 1 aromatic carbocycles. The first-order valence-corrected chi connectivity index (χ1v) is 6.36. The van der Waals surface area contributed by atoms with Crippen LogP contribution in [0.1, 0.15) is 30.1 Å². The van der Waals surface area contributed by atoms with Gasteiger partial charge in [-0.1, -0.05) is 0 Å². The van der Waals surface area contributed by atoms with Gasteiger partial charge in [0.15, 0.2) is 0 Å². The Morgan fingerprint density at radius 3 is 2.94 bits per heavy atom. The summed E-state index contributed by atoms with van der Waals surface area (Å²) in [6.45, 7) is 4.21. The highest BCUT2D eigenvalue weighted by Gasteiger charge is 2.20. The second-order valence-corrected chi connectivity index (χ2v) is 4.50. The highest BCUT2D eigenvalue weighted by Crippen LogP contribution is 2.22. The Morgan fingerprint density at radius 1 is 1.56 bits per heavy atom. The van der Waals surface area contributed by atoms with Crippen LogP contribution >= 0.6 is 0 Å². The molecule has 0 saturated carbocycles. The summed E-state index contributed by atoms with van der Waals surface area (Å²) in [5, 5.41) is 0. The van der Waals surface area contributed by atoms with Crippen molar-refractivity contribution >= 4 is 12.0 Å². The fourth-order valence-electron chi connectivity index (χ4n) is 2.28. The van der Waals surface area contributed by atoms with Gasteiger partial charge in [-0.15, -0.1) is 0 Å². The second-order valence-electron chi connectivity index (χ2n) is 4.50. The summed E-state index contributed by atoms with van der Waals surface area (Å²) >= 11 is 0. The van der Waals surface area contributed by atoms with Gasteiger partial charge < -0.3 is 9.64 Å². The maximum absolute atomic E-state index is 13.9. The maximum atomic E-state index is 13.9. The number of likely N-dealkylation sites (N-methyl/N-ethyl adjacent to an activating group) is 1. The lowest BCUT2D eigenvalue weighted by molar-refractivity contribution is 0.112. The summed E-state index contributed by atoms with van der Waals surface area (Å²) in [7, 11) is 0. The van der Waals surface area contributed by atoms with Gasteiger partial charge in [-0.05, 0) is 38.0 Å². The second kappa shape index (κ2) is 5.96. The van der Waals surface area contributed by atoms with Crippen molar-refractivity contribution in [3.05, 3.63) is 29.6 Å². The number of anilines is 1. The highest BCUT2D eigenvalue weighted by atomic mass is 19.1. The number of hydrogen-bond acceptors (Lipinski definition) is 3. The lowest BCUT2D eigenvalue weighted by Gasteiger charge is -2.26. The van der Waals surface area contributed by atoms with Gasteiger partial charge in [0.25, 0.3) is 0 Å². The van der Waals surface area contributed by atoms with Crippen molar-refractivity contribution in [3.8, 4) is 0 Å². The Bertz CT molecular complexity index is 416. The molecule has 0 radical (unpaired) electrons. The van der Waals surface area contributed by atoms with Crippen LogP contribution in [0, 0.1) is 5.82 Å². The number of benzene rings is 1. The van der Waals surface area contributed by atoms with Crippen molar-refractivity contribution in [1.82, 2.24) is 0 Å². The number of nitrogens with zero attached hydrogens (tertiary/aromatic N) is 1. The van der Waals surface area contributed by atoms with Gasteiger partial charge in [0.05, 0.1) is 11.8 Å². The summed E-state index contributed by atoms with van der Waals surface area (Å²) in [5.74, 6) is -0.348. The number of rotatable bonds is 5. The minimum Gasteiger partial charge on any atom is -0.376 e. The van der Waals surface area contributed by atoms with Crippen LogP contribution in [0.2, 0.25) is 0 Å². The number of halogens is 1. The summed E-state index contributed by atoms with van der Waals surface area (Å²) in [4.78, 5) is 12.5. The zero-order valence-electron chi connectivity index (χ0n) is 10.6. The van der Waals surface area contributed by atoms with E-state index in [0.717, 1.165) is 26.0 Å². The molecule has 1 unspecified atom stereocenters. The van der Waals surface area contributed by atoms with E-state index in [0.29, 0.717) is 24.1 Å². The van der Waals surface area contributed by atoms with E-state index in [1.807, 2.05) is 11.8 Å². The zero-order chi connectivity index (χ0) is 13.0. The highest BCUT2D eigenvalue weighted by molar-refractivity contribution is 5.76. The van der Waals surface area contributed by atoms with E-state index in [1.54, 1.807) is 12.1 Å². The molecule has 1 atom stereocenters. The average Bonchev–Trinajstić information content (AvgIpc) is 2.89. The average molecular weight is 251 g/mol. The summed E-state index contributed by atoms with van der Waals surface area (Å²) in [6, 6.07) is 4.58. The van der Waals surface area contributed by atoms with Crippen LogP contribution in [-0.2, 0) is 4.74 Å². The molecule has 3 nitrogen and oxygen atoms in total. The molecular formula is C14H18FNO2. The minimum atomic E-state index is -0.348. The van der Waals surface area contributed by atoms with Crippen LogP contribution in [0.4, 0.5) is 10.1 Å². The number of aldehydes is 1. The molecule has 1 aliphatic rings. The number of ether oxygens (including phenoxy) is 1. The van der Waals surface area contributed by atoms with Crippen LogP contribution in [0.25, 0.3) is 0 Å². The van der Waals surface area contributed by atoms with Crippen LogP contribution in [0.15, 0.2) is 18.2 Å². The quantitative estimate of drug-likeness (QED) is 0.753. The molecule has 1 aromatic rings. The van der Waals surface area contributed by atoms with Crippen molar-refractivity contribution in [2.45, 2.75) is 25.9 Å². The Balaban J connectivity index is 2.13. The van der Waals surface area contributed by atoms with Gasteiger partial charge >= 0.3 is 0 Å². The van der Waals surface area contributed by atoms with E-state index in [4.69, 9.17) is 4.74 Å². The maximum Gasteiger partial charge on any atom is 0.150 e. The Morgan fingerprint density at radius 2 is 2.39 bits per heavy atom. The normalized spacial score (nSPS) is 18.9. The third-order valence-corrected chi connectivity index (χ3v) is 3.28. The molecule has 1 aliphatic heterocycles. The third kappa shape index (κ3) is 2.88. The number of carbonyl (C=O) groups is 1. The van der Waals surface area contributed by atoms with E-state index in [9.17, 15) is 9.18 Å². The molecule has 0 amide bonds. The van der Waals surface area contributed by atoms with Gasteiger partial charge in [-0.25, -0.2) is 4.39 Å². The van der Waals surface area contributed by atoms with E-state index in [2.05, 4.69) is 0 Å². The van der Waals surface area contributed by atoms with Crippen molar-refractivity contribution in [3.63, 3.8) is 0 Å². The molecule has 2 rings (SSSR count). The molecule has 1 heterocycles. The van der Waals surface area contributed by atoms with Gasteiger partial charge in [0, 0.05) is 25.3 Å². The first-order chi connectivity index (χ1) is 8.74. The van der Waals surface area contributed by atoms with Crippen LogP contribution in [-0.4, -0.2) is 32.1 Å². The van der Waals surface area contributed by atoms with Crippen molar-refractivity contribution in [2.24, 2.45) is 0 Å². The van der Waals surface area contributed by atoms with E-state index < -0.39 is 0 Å². The number of carbonyl (C=O) groups excluding carboxylic acids is 1. The molecule has 0 spiro atoms. The Kier molecular flexibility index (Phi) is 4.31. The molecule has 0 aliphatic carbocycles. The monoisotopic (exact) mass is 251 g/mol. The Hall–Kier alpha value is -1.42. The van der Waals surface area contributed by atoms with Gasteiger partial charge in [0.1, 0.15) is 12.1 Å². The molecule has 98 valence electrons. The van der Waals surface area contributed by atoms with Crippen LogP contribution in [0.3, 0.4) is 0 Å². The van der Waals surface area contributed by atoms with Crippen LogP contribution < -0.4 is 4.90 Å². The van der Waals surface area contributed by atoms with E-state index >= 15 is 0 Å². The largest absolute Gasteiger partial charge is 0.376 e. The smallest absolute Gasteiger partial charge is 0.150 e. The number of hydrogen-bond donors (Lipinski definition) is 0. The van der Waals surface area contributed by atoms with E-state index in [-0.39, 0.29) is 11.9 Å². The zero-order valence-corrected chi connectivity index (χ0v) is 10.6. The minimum absolute atomic E-state index is 0.190. The van der Waals surface area contributed by atoms with Gasteiger partial charge in [0.2, 0.25) is 0 Å². The molecule has 1 fully saturated rings. The fraction of sp³-hybridized carbons (Fsp3) is 0.500. The Labute approximate surface area is 107 Å². The molecular weight excluding hydrogens is 233 g/mol. The topological polar surface area (TPSA) is 29.5 Å². The van der Waals surface area contributed by atoms with Gasteiger partial charge in [-0.2, -0.15) is 0 Å². The SMILES string of the molecule is CCN(CC1CCCO1)c1ccc(C=O)cc1F. The molecule has 1 saturated heterocycles. The molecule has 0 bridgehead atoms. The third-order valence-electron chi connectivity index (χ3n) is 3.28. The van der Waals surface area contributed by atoms with Crippen molar-refractivity contribution < 1.29 is 13.9 Å².